The molecule has 2 rings (SSSR count). The van der Waals surface area contributed by atoms with Crippen molar-refractivity contribution in [3.8, 4) is 0 Å². The van der Waals surface area contributed by atoms with Crippen LogP contribution < -0.4 is 10.6 Å². The molecule has 1 aliphatic rings. The standard InChI is InChI=1S/C15H22N2O2S/c1-19-10-13-4-2-3-12(7-13)9-17-15(18)8-14-11-20-6-5-16-14/h2-4,7,14,16H,5-6,8-11H2,1H3,(H,17,18). The van der Waals surface area contributed by atoms with Crippen LogP contribution >= 0.6 is 11.8 Å². The molecule has 0 radical (unpaired) electrons. The largest absolute Gasteiger partial charge is 0.380 e. The number of thioether (sulfide) groups is 1. The van der Waals surface area contributed by atoms with Gasteiger partial charge in [0.25, 0.3) is 0 Å². The summed E-state index contributed by atoms with van der Waals surface area (Å²) in [5.41, 5.74) is 2.24. The molecule has 1 saturated heterocycles. The Kier molecular flexibility index (Phi) is 6.36. The fraction of sp³-hybridized carbons (Fsp3) is 0.533. The number of benzene rings is 1. The summed E-state index contributed by atoms with van der Waals surface area (Å²) in [7, 11) is 1.68. The lowest BCUT2D eigenvalue weighted by Crippen LogP contribution is -2.41. The van der Waals surface area contributed by atoms with Gasteiger partial charge in [0.2, 0.25) is 5.91 Å². The first-order chi connectivity index (χ1) is 9.78. The highest BCUT2D eigenvalue weighted by Gasteiger charge is 2.16. The van der Waals surface area contributed by atoms with Crippen molar-refractivity contribution in [3.63, 3.8) is 0 Å². The van der Waals surface area contributed by atoms with Crippen molar-refractivity contribution in [2.45, 2.75) is 25.6 Å². The maximum absolute atomic E-state index is 11.9. The Labute approximate surface area is 124 Å². The van der Waals surface area contributed by atoms with Crippen molar-refractivity contribution in [3.05, 3.63) is 35.4 Å². The van der Waals surface area contributed by atoms with E-state index in [-0.39, 0.29) is 5.91 Å². The minimum Gasteiger partial charge on any atom is -0.380 e. The molecule has 5 heteroatoms. The zero-order chi connectivity index (χ0) is 14.2. The molecule has 0 bridgehead atoms. The minimum atomic E-state index is 0.113. The van der Waals surface area contributed by atoms with Gasteiger partial charge in [-0.2, -0.15) is 11.8 Å². The topological polar surface area (TPSA) is 50.4 Å². The molecule has 0 spiro atoms. The summed E-state index contributed by atoms with van der Waals surface area (Å²) in [6, 6.07) is 8.42. The summed E-state index contributed by atoms with van der Waals surface area (Å²) >= 11 is 1.91. The molecular weight excluding hydrogens is 272 g/mol. The Hall–Kier alpha value is -1.04. The first kappa shape index (κ1) is 15.4. The molecule has 0 saturated carbocycles. The summed E-state index contributed by atoms with van der Waals surface area (Å²) in [5.74, 6) is 2.28. The summed E-state index contributed by atoms with van der Waals surface area (Å²) < 4.78 is 5.11. The van der Waals surface area contributed by atoms with Crippen molar-refractivity contribution in [2.75, 3.05) is 25.2 Å². The van der Waals surface area contributed by atoms with Gasteiger partial charge in [0.1, 0.15) is 0 Å². The lowest BCUT2D eigenvalue weighted by molar-refractivity contribution is -0.121. The summed E-state index contributed by atoms with van der Waals surface area (Å²) in [6.45, 7) is 2.18. The molecular formula is C15H22N2O2S. The lowest BCUT2D eigenvalue weighted by atomic mass is 10.1. The highest BCUT2D eigenvalue weighted by molar-refractivity contribution is 7.99. The van der Waals surface area contributed by atoms with Crippen molar-refractivity contribution >= 4 is 17.7 Å². The van der Waals surface area contributed by atoms with Crippen LogP contribution in [0.4, 0.5) is 0 Å². The summed E-state index contributed by atoms with van der Waals surface area (Å²) in [6.07, 6.45) is 0.560. The smallest absolute Gasteiger partial charge is 0.221 e. The number of carbonyl (C=O) groups is 1. The third kappa shape index (κ3) is 5.15. The number of hydrogen-bond donors (Lipinski definition) is 2. The van der Waals surface area contributed by atoms with E-state index in [0.29, 0.717) is 25.6 Å². The van der Waals surface area contributed by atoms with E-state index < -0.39 is 0 Å². The minimum absolute atomic E-state index is 0.113. The number of amides is 1. The van der Waals surface area contributed by atoms with E-state index >= 15 is 0 Å². The van der Waals surface area contributed by atoms with E-state index in [9.17, 15) is 4.79 Å². The van der Waals surface area contributed by atoms with Crippen LogP contribution in [0.25, 0.3) is 0 Å². The molecule has 1 unspecified atom stereocenters. The Morgan fingerprint density at radius 3 is 3.10 bits per heavy atom. The van der Waals surface area contributed by atoms with E-state index in [4.69, 9.17) is 4.74 Å². The average molecular weight is 294 g/mol. The van der Waals surface area contributed by atoms with E-state index in [1.54, 1.807) is 7.11 Å². The number of carbonyl (C=O) groups excluding carboxylic acids is 1. The molecule has 0 aromatic heterocycles. The molecule has 1 amide bonds. The molecule has 4 nitrogen and oxygen atoms in total. The summed E-state index contributed by atoms with van der Waals surface area (Å²) in [4.78, 5) is 11.9. The summed E-state index contributed by atoms with van der Waals surface area (Å²) in [5, 5.41) is 6.36. The van der Waals surface area contributed by atoms with Crippen LogP contribution in [0, 0.1) is 0 Å². The van der Waals surface area contributed by atoms with Crippen molar-refractivity contribution < 1.29 is 9.53 Å². The molecule has 2 N–H and O–H groups in total. The number of nitrogens with one attached hydrogen (secondary N) is 2. The van der Waals surface area contributed by atoms with Crippen molar-refractivity contribution in [1.29, 1.82) is 0 Å². The maximum atomic E-state index is 11.9. The molecule has 1 heterocycles. The van der Waals surface area contributed by atoms with E-state index in [0.717, 1.165) is 29.2 Å². The second kappa shape index (κ2) is 8.29. The van der Waals surface area contributed by atoms with Gasteiger partial charge in [-0.1, -0.05) is 24.3 Å². The van der Waals surface area contributed by atoms with Gasteiger partial charge < -0.3 is 15.4 Å². The zero-order valence-corrected chi connectivity index (χ0v) is 12.7. The Balaban J connectivity index is 1.76. The monoisotopic (exact) mass is 294 g/mol. The number of hydrogen-bond acceptors (Lipinski definition) is 4. The average Bonchev–Trinajstić information content (AvgIpc) is 2.47. The van der Waals surface area contributed by atoms with Crippen molar-refractivity contribution in [1.82, 2.24) is 10.6 Å². The van der Waals surface area contributed by atoms with Gasteiger partial charge >= 0.3 is 0 Å². The Morgan fingerprint density at radius 1 is 1.50 bits per heavy atom. The molecule has 20 heavy (non-hydrogen) atoms. The molecule has 1 atom stereocenters. The van der Waals surface area contributed by atoms with Gasteiger partial charge in [0.15, 0.2) is 0 Å². The highest BCUT2D eigenvalue weighted by Crippen LogP contribution is 2.10. The quantitative estimate of drug-likeness (QED) is 0.836. The third-order valence-electron chi connectivity index (χ3n) is 3.22. The first-order valence-corrected chi connectivity index (χ1v) is 8.08. The normalized spacial score (nSPS) is 18.8. The Morgan fingerprint density at radius 2 is 2.35 bits per heavy atom. The van der Waals surface area contributed by atoms with Crippen LogP contribution in [0.5, 0.6) is 0 Å². The fourth-order valence-corrected chi connectivity index (χ4v) is 3.19. The van der Waals surface area contributed by atoms with Crippen LogP contribution in [0.3, 0.4) is 0 Å². The highest BCUT2D eigenvalue weighted by atomic mass is 32.2. The van der Waals surface area contributed by atoms with Gasteiger partial charge in [-0.15, -0.1) is 0 Å². The van der Waals surface area contributed by atoms with Crippen LogP contribution in [-0.2, 0) is 22.7 Å². The first-order valence-electron chi connectivity index (χ1n) is 6.92. The van der Waals surface area contributed by atoms with E-state index in [1.165, 1.54) is 0 Å². The fourth-order valence-electron chi connectivity index (χ4n) is 2.24. The maximum Gasteiger partial charge on any atom is 0.221 e. The predicted molar refractivity (Wildman–Crippen MR) is 82.7 cm³/mol. The molecule has 1 aliphatic heterocycles. The molecule has 0 aliphatic carbocycles. The van der Waals surface area contributed by atoms with E-state index in [1.807, 2.05) is 30.0 Å². The van der Waals surface area contributed by atoms with Gasteiger partial charge in [-0.05, 0) is 11.1 Å². The van der Waals surface area contributed by atoms with E-state index in [2.05, 4.69) is 16.7 Å². The van der Waals surface area contributed by atoms with Crippen LogP contribution in [0.2, 0.25) is 0 Å². The van der Waals surface area contributed by atoms with Gasteiger partial charge in [-0.25, -0.2) is 0 Å². The third-order valence-corrected chi connectivity index (χ3v) is 4.35. The van der Waals surface area contributed by atoms with Crippen molar-refractivity contribution in [2.24, 2.45) is 0 Å². The molecule has 1 aromatic carbocycles. The molecule has 1 fully saturated rings. The number of methoxy groups -OCH3 is 1. The van der Waals surface area contributed by atoms with Crippen LogP contribution in [0.15, 0.2) is 24.3 Å². The van der Waals surface area contributed by atoms with Crippen LogP contribution in [0.1, 0.15) is 17.5 Å². The molecule has 1 aromatic rings. The molecule has 110 valence electrons. The lowest BCUT2D eigenvalue weighted by Gasteiger charge is -2.22. The second-order valence-corrected chi connectivity index (χ2v) is 6.11. The predicted octanol–water partition coefficient (Wildman–Crippen LogP) is 1.54. The Bertz CT molecular complexity index is 434. The van der Waals surface area contributed by atoms with Gasteiger partial charge in [-0.3, -0.25) is 4.79 Å². The van der Waals surface area contributed by atoms with Gasteiger partial charge in [0.05, 0.1) is 6.61 Å². The van der Waals surface area contributed by atoms with Gasteiger partial charge in [0, 0.05) is 44.2 Å². The number of ether oxygens (including phenoxy) is 1. The SMILES string of the molecule is COCc1cccc(CNC(=O)CC2CSCCN2)c1. The number of rotatable bonds is 6. The zero-order valence-electron chi connectivity index (χ0n) is 11.9. The van der Waals surface area contributed by atoms with Crippen LogP contribution in [-0.4, -0.2) is 37.1 Å². The second-order valence-electron chi connectivity index (χ2n) is 4.96.